The van der Waals surface area contributed by atoms with Crippen LogP contribution < -0.4 is 0 Å². The van der Waals surface area contributed by atoms with Gasteiger partial charge in [-0.3, -0.25) is 4.57 Å². The molecule has 1 saturated heterocycles. The molecule has 0 aromatic rings. The van der Waals surface area contributed by atoms with E-state index in [0.717, 1.165) is 0 Å². The first-order valence-electron chi connectivity index (χ1n) is 3.98. The van der Waals surface area contributed by atoms with E-state index in [2.05, 4.69) is 0 Å². The molecule has 2 N–H and O–H groups in total. The molecule has 74 valence electrons. The summed E-state index contributed by atoms with van der Waals surface area (Å²) >= 11 is 0. The van der Waals surface area contributed by atoms with Crippen LogP contribution in [0, 0.1) is 0 Å². The summed E-state index contributed by atoms with van der Waals surface area (Å²) in [6, 6.07) is -0.651. The molecule has 0 aromatic heterocycles. The van der Waals surface area contributed by atoms with E-state index in [1.165, 1.54) is 0 Å². The van der Waals surface area contributed by atoms with Gasteiger partial charge in [0.05, 0.1) is 6.16 Å². The second kappa shape index (κ2) is 3.69. The fourth-order valence-corrected chi connectivity index (χ4v) is 1.87. The second-order valence-electron chi connectivity index (χ2n) is 3.22. The molecule has 0 spiro atoms. The molecule has 0 saturated carbocycles. The monoisotopic (exact) mass is 208 g/mol. The highest BCUT2D eigenvalue weighted by molar-refractivity contribution is 7.51. The van der Waals surface area contributed by atoms with Gasteiger partial charge in [0, 0.05) is 18.8 Å². The average Bonchev–Trinajstić information content (AvgIpc) is 2.27. The third kappa shape index (κ3) is 3.77. The lowest BCUT2D eigenvalue weighted by Gasteiger charge is -2.19. The first-order valence-corrected chi connectivity index (χ1v) is 5.77. The molecule has 0 bridgehead atoms. The molecule has 13 heavy (non-hydrogen) atoms. The van der Waals surface area contributed by atoms with Gasteiger partial charge in [-0.1, -0.05) is 0 Å². The van der Waals surface area contributed by atoms with Crippen molar-refractivity contribution < 1.29 is 23.5 Å². The van der Waals surface area contributed by atoms with Gasteiger partial charge in [-0.25, -0.2) is 4.39 Å². The lowest BCUT2D eigenvalue weighted by molar-refractivity contribution is -0.117. The van der Waals surface area contributed by atoms with Gasteiger partial charge >= 0.3 is 7.60 Å². The van der Waals surface area contributed by atoms with Gasteiger partial charge in [-0.2, -0.15) is 0 Å². The summed E-state index contributed by atoms with van der Waals surface area (Å²) in [6.07, 6.45) is -0.312. The third-order valence-corrected chi connectivity index (χ3v) is 2.75. The molecule has 1 aliphatic rings. The Morgan fingerprint density at radius 1 is 1.69 bits per heavy atom. The Kier molecular flexibility index (Phi) is 3.18. The van der Waals surface area contributed by atoms with E-state index < -0.39 is 25.6 Å². The minimum Gasteiger partial charge on any atom is -0.353 e. The molecule has 0 amide bonds. The molecule has 2 radical (unpaired) electrons. The number of rotatable bonds is 3. The maximum Gasteiger partial charge on any atom is 0.325 e. The lowest BCUT2D eigenvalue weighted by Crippen LogP contribution is -2.24. The molecule has 0 aromatic carbocycles. The molecule has 4 nitrogen and oxygen atoms in total. The topological polar surface area (TPSA) is 66.8 Å². The van der Waals surface area contributed by atoms with Gasteiger partial charge in [-0.15, -0.1) is 0 Å². The van der Waals surface area contributed by atoms with E-state index in [4.69, 9.17) is 22.4 Å². The molecule has 2 unspecified atom stereocenters. The maximum absolute atomic E-state index is 13.4. The van der Waals surface area contributed by atoms with Crippen LogP contribution in [0.25, 0.3) is 0 Å². The van der Waals surface area contributed by atoms with Gasteiger partial charge in [-0.05, 0) is 6.42 Å². The van der Waals surface area contributed by atoms with Crippen LogP contribution in [0.4, 0.5) is 4.39 Å². The quantitative estimate of drug-likeness (QED) is 0.524. The first-order chi connectivity index (χ1) is 5.81. The van der Waals surface area contributed by atoms with Crippen LogP contribution >= 0.6 is 7.60 Å². The Hall–Kier alpha value is 0.105. The average molecular weight is 208 g/mol. The minimum atomic E-state index is -4.14. The summed E-state index contributed by atoms with van der Waals surface area (Å²) in [4.78, 5) is 17.0. The lowest BCUT2D eigenvalue weighted by atomic mass is 9.97. The van der Waals surface area contributed by atoms with Crippen LogP contribution in [-0.2, 0) is 9.30 Å². The summed E-state index contributed by atoms with van der Waals surface area (Å²) in [5.74, 6) is -1.94. The van der Waals surface area contributed by atoms with Crippen LogP contribution in [0.2, 0.25) is 0 Å². The van der Waals surface area contributed by atoms with Crippen molar-refractivity contribution in [3.8, 4) is 0 Å². The van der Waals surface area contributed by atoms with E-state index in [9.17, 15) is 8.96 Å². The predicted octanol–water partition coefficient (Wildman–Crippen LogP) is 0.525. The van der Waals surface area contributed by atoms with Crippen LogP contribution in [0.3, 0.4) is 0 Å². The van der Waals surface area contributed by atoms with Crippen molar-refractivity contribution in [1.29, 1.82) is 0 Å². The number of hydrogen-bond donors (Lipinski definition) is 2. The fourth-order valence-electron chi connectivity index (χ4n) is 1.24. The van der Waals surface area contributed by atoms with Gasteiger partial charge in [0.25, 0.3) is 0 Å². The van der Waals surface area contributed by atoms with Gasteiger partial charge in [0.2, 0.25) is 5.85 Å². The zero-order chi connectivity index (χ0) is 10.1. The van der Waals surface area contributed by atoms with Gasteiger partial charge in [0.15, 0.2) is 0 Å². The number of alkyl halides is 1. The molecule has 1 fully saturated rings. The Labute approximate surface area is 77.0 Å². The molecule has 2 atom stereocenters. The van der Waals surface area contributed by atoms with E-state index in [-0.39, 0.29) is 12.8 Å². The van der Waals surface area contributed by atoms with Crippen molar-refractivity contribution in [2.45, 2.75) is 31.1 Å². The van der Waals surface area contributed by atoms with Crippen LogP contribution in [0.5, 0.6) is 0 Å². The molecular formula is C6H11BFO4P. The summed E-state index contributed by atoms with van der Waals surface area (Å²) in [5.41, 5.74) is 0. The second-order valence-corrected chi connectivity index (χ2v) is 4.99. The standard InChI is InChI=1S/C6H11BFO4P/c7-5-1-2-6(8,12-5)3-4-13(9,10)11/h5H,1-4H2,(H2,9,10,11). The first kappa shape index (κ1) is 11.2. The highest BCUT2D eigenvalue weighted by Gasteiger charge is 2.39. The van der Waals surface area contributed by atoms with Crippen molar-refractivity contribution >= 4 is 15.4 Å². The molecule has 1 aliphatic heterocycles. The zero-order valence-corrected chi connectivity index (χ0v) is 7.91. The predicted molar refractivity (Wildman–Crippen MR) is 45.2 cm³/mol. The minimum absolute atomic E-state index is 0.105. The zero-order valence-electron chi connectivity index (χ0n) is 7.02. The smallest absolute Gasteiger partial charge is 0.325 e. The Balaban J connectivity index is 2.40. The molecule has 7 heteroatoms. The Bertz CT molecular complexity index is 233. The summed E-state index contributed by atoms with van der Waals surface area (Å²) in [5, 5.41) is 0. The normalized spacial score (nSPS) is 35.2. The van der Waals surface area contributed by atoms with E-state index >= 15 is 0 Å². The molecular weight excluding hydrogens is 197 g/mol. The SMILES string of the molecule is [B]C1CCC(F)(CCP(=O)(O)O)O1. The van der Waals surface area contributed by atoms with Crippen LogP contribution in [0.15, 0.2) is 0 Å². The number of halogens is 1. The van der Waals surface area contributed by atoms with Crippen molar-refractivity contribution in [1.82, 2.24) is 0 Å². The van der Waals surface area contributed by atoms with Crippen LogP contribution in [-0.4, -0.2) is 35.7 Å². The fraction of sp³-hybridized carbons (Fsp3) is 1.00. The van der Waals surface area contributed by atoms with Gasteiger partial charge < -0.3 is 14.5 Å². The third-order valence-electron chi connectivity index (χ3n) is 1.94. The van der Waals surface area contributed by atoms with Crippen molar-refractivity contribution in [3.05, 3.63) is 0 Å². The summed E-state index contributed by atoms with van der Waals surface area (Å²) in [7, 11) is 1.15. The Morgan fingerprint density at radius 3 is 2.69 bits per heavy atom. The van der Waals surface area contributed by atoms with E-state index in [0.29, 0.717) is 6.42 Å². The van der Waals surface area contributed by atoms with Gasteiger partial charge in [0.1, 0.15) is 7.85 Å². The van der Waals surface area contributed by atoms with Crippen LogP contribution in [0.1, 0.15) is 19.3 Å². The number of ether oxygens (including phenoxy) is 1. The molecule has 1 heterocycles. The summed E-state index contributed by atoms with van der Waals surface area (Å²) in [6.45, 7) is 0. The van der Waals surface area contributed by atoms with E-state index in [1.54, 1.807) is 0 Å². The summed E-state index contributed by atoms with van der Waals surface area (Å²) < 4.78 is 28.6. The van der Waals surface area contributed by atoms with Crippen molar-refractivity contribution in [3.63, 3.8) is 0 Å². The Morgan fingerprint density at radius 2 is 2.31 bits per heavy atom. The molecule has 0 aliphatic carbocycles. The highest BCUT2D eigenvalue weighted by Crippen LogP contribution is 2.41. The van der Waals surface area contributed by atoms with Crippen molar-refractivity contribution in [2.75, 3.05) is 6.16 Å². The van der Waals surface area contributed by atoms with E-state index in [1.807, 2.05) is 0 Å². The highest BCUT2D eigenvalue weighted by atomic mass is 31.2. The largest absolute Gasteiger partial charge is 0.353 e. The van der Waals surface area contributed by atoms with Crippen molar-refractivity contribution in [2.24, 2.45) is 0 Å². The molecule has 1 rings (SSSR count). The number of hydrogen-bond acceptors (Lipinski definition) is 2. The maximum atomic E-state index is 13.4.